The fraction of sp³-hybridized carbons (Fsp3) is 0.235. The first kappa shape index (κ1) is 15.2. The van der Waals surface area contributed by atoms with E-state index in [1.54, 1.807) is 12.1 Å². The Hall–Kier alpha value is -2.20. The molecule has 2 N–H and O–H groups in total. The molecule has 2 aromatic rings. The maximum Gasteiger partial charge on any atom is 0.317 e. The van der Waals surface area contributed by atoms with Crippen molar-refractivity contribution in [3.05, 3.63) is 71.5 Å². The zero-order chi connectivity index (χ0) is 15.3. The number of ether oxygens (including phenoxy) is 1. The van der Waals surface area contributed by atoms with Crippen LogP contribution in [0.1, 0.15) is 11.1 Å². The molecule has 1 unspecified atom stereocenters. The topological polar surface area (TPSA) is 52.3 Å². The van der Waals surface area contributed by atoms with Crippen molar-refractivity contribution in [2.75, 3.05) is 13.7 Å². The van der Waals surface area contributed by atoms with Crippen LogP contribution in [0.5, 0.6) is 0 Å². The van der Waals surface area contributed by atoms with Gasteiger partial charge < -0.3 is 10.5 Å². The van der Waals surface area contributed by atoms with Crippen LogP contribution in [-0.4, -0.2) is 19.6 Å². The molecule has 0 saturated carbocycles. The highest BCUT2D eigenvalue weighted by atomic mass is 19.1. The molecule has 0 radical (unpaired) electrons. The largest absolute Gasteiger partial charge is 0.468 e. The molecule has 0 aliphatic rings. The van der Waals surface area contributed by atoms with E-state index in [1.807, 2.05) is 30.3 Å². The number of hydrogen-bond donors (Lipinski definition) is 1. The van der Waals surface area contributed by atoms with Gasteiger partial charge in [-0.1, -0.05) is 42.5 Å². The second-order valence-corrected chi connectivity index (χ2v) is 4.95. The second-order valence-electron chi connectivity index (χ2n) is 4.95. The van der Waals surface area contributed by atoms with Gasteiger partial charge in [0, 0.05) is 6.54 Å². The maximum atomic E-state index is 13.4. The SMILES string of the molecule is COC(=O)C(CN)(Cc1cccc(F)c1)c1ccccc1. The molecule has 0 aliphatic heterocycles. The highest BCUT2D eigenvalue weighted by Gasteiger charge is 2.40. The molecular formula is C17H18FNO2. The van der Waals surface area contributed by atoms with Gasteiger partial charge in [0.25, 0.3) is 0 Å². The summed E-state index contributed by atoms with van der Waals surface area (Å²) < 4.78 is 18.3. The standard InChI is InChI=1S/C17H18FNO2/c1-21-16(20)17(12-19,14-7-3-2-4-8-14)11-13-6-5-9-15(18)10-13/h2-10H,11-12,19H2,1H3. The maximum absolute atomic E-state index is 13.4. The summed E-state index contributed by atoms with van der Waals surface area (Å²) in [5.74, 6) is -0.753. The van der Waals surface area contributed by atoms with E-state index in [4.69, 9.17) is 10.5 Å². The summed E-state index contributed by atoms with van der Waals surface area (Å²) in [6.07, 6.45) is 0.290. The lowest BCUT2D eigenvalue weighted by Crippen LogP contribution is -2.45. The van der Waals surface area contributed by atoms with E-state index in [-0.39, 0.29) is 18.8 Å². The minimum Gasteiger partial charge on any atom is -0.468 e. The second kappa shape index (κ2) is 6.50. The summed E-state index contributed by atoms with van der Waals surface area (Å²) in [6.45, 7) is 0.0835. The van der Waals surface area contributed by atoms with Crippen LogP contribution in [0.25, 0.3) is 0 Å². The van der Waals surface area contributed by atoms with Crippen molar-refractivity contribution >= 4 is 5.97 Å². The van der Waals surface area contributed by atoms with Gasteiger partial charge in [-0.25, -0.2) is 4.39 Å². The zero-order valence-corrected chi connectivity index (χ0v) is 11.9. The minimum absolute atomic E-state index is 0.0835. The van der Waals surface area contributed by atoms with Crippen molar-refractivity contribution < 1.29 is 13.9 Å². The van der Waals surface area contributed by atoms with Crippen LogP contribution in [0.2, 0.25) is 0 Å². The molecule has 1 atom stereocenters. The van der Waals surface area contributed by atoms with E-state index in [2.05, 4.69) is 0 Å². The number of carbonyl (C=O) groups excluding carboxylic acids is 1. The van der Waals surface area contributed by atoms with Crippen LogP contribution in [0.15, 0.2) is 54.6 Å². The molecule has 4 heteroatoms. The predicted molar refractivity (Wildman–Crippen MR) is 79.3 cm³/mol. The molecule has 0 saturated heterocycles. The van der Waals surface area contributed by atoms with Crippen molar-refractivity contribution in [3.8, 4) is 0 Å². The highest BCUT2D eigenvalue weighted by Crippen LogP contribution is 2.29. The Balaban J connectivity index is 2.48. The number of methoxy groups -OCH3 is 1. The Morgan fingerprint density at radius 2 is 1.90 bits per heavy atom. The van der Waals surface area contributed by atoms with Gasteiger partial charge in [-0.3, -0.25) is 4.79 Å². The van der Waals surface area contributed by atoms with Gasteiger partial charge in [0.05, 0.1) is 7.11 Å². The first-order chi connectivity index (χ1) is 10.1. The molecule has 0 aromatic heterocycles. The van der Waals surface area contributed by atoms with Gasteiger partial charge in [-0.15, -0.1) is 0 Å². The highest BCUT2D eigenvalue weighted by molar-refractivity contribution is 5.84. The Kier molecular flexibility index (Phi) is 4.70. The van der Waals surface area contributed by atoms with Gasteiger partial charge in [0.1, 0.15) is 11.2 Å². The first-order valence-electron chi connectivity index (χ1n) is 6.71. The van der Waals surface area contributed by atoms with Gasteiger partial charge in [-0.05, 0) is 29.7 Å². The number of nitrogens with two attached hydrogens (primary N) is 1. The Labute approximate surface area is 123 Å². The monoisotopic (exact) mass is 287 g/mol. The zero-order valence-electron chi connectivity index (χ0n) is 11.9. The van der Waals surface area contributed by atoms with Crippen molar-refractivity contribution in [1.82, 2.24) is 0 Å². The lowest BCUT2D eigenvalue weighted by Gasteiger charge is -2.30. The summed E-state index contributed by atoms with van der Waals surface area (Å²) in [5.41, 5.74) is 6.37. The number of carbonyl (C=O) groups is 1. The van der Waals surface area contributed by atoms with Crippen molar-refractivity contribution in [1.29, 1.82) is 0 Å². The van der Waals surface area contributed by atoms with E-state index in [0.29, 0.717) is 5.56 Å². The fourth-order valence-electron chi connectivity index (χ4n) is 2.51. The molecular weight excluding hydrogens is 269 g/mol. The number of halogens is 1. The van der Waals surface area contributed by atoms with Gasteiger partial charge in [-0.2, -0.15) is 0 Å². The van der Waals surface area contributed by atoms with E-state index >= 15 is 0 Å². The van der Waals surface area contributed by atoms with Gasteiger partial charge in [0.2, 0.25) is 0 Å². The molecule has 0 bridgehead atoms. The quantitative estimate of drug-likeness (QED) is 0.859. The molecule has 21 heavy (non-hydrogen) atoms. The summed E-state index contributed by atoms with van der Waals surface area (Å²) in [6, 6.07) is 15.4. The van der Waals surface area contributed by atoms with Crippen molar-refractivity contribution in [3.63, 3.8) is 0 Å². The van der Waals surface area contributed by atoms with E-state index in [1.165, 1.54) is 19.2 Å². The van der Waals surface area contributed by atoms with Crippen LogP contribution in [0, 0.1) is 5.82 Å². The molecule has 0 fully saturated rings. The summed E-state index contributed by atoms with van der Waals surface area (Å²) >= 11 is 0. The molecule has 110 valence electrons. The lowest BCUT2D eigenvalue weighted by atomic mass is 9.75. The predicted octanol–water partition coefficient (Wildman–Crippen LogP) is 2.44. The van der Waals surface area contributed by atoms with Crippen LogP contribution in [0.4, 0.5) is 4.39 Å². The van der Waals surface area contributed by atoms with E-state index in [9.17, 15) is 9.18 Å². The summed E-state index contributed by atoms with van der Waals surface area (Å²) in [5, 5.41) is 0. The summed E-state index contributed by atoms with van der Waals surface area (Å²) in [4.78, 5) is 12.4. The Bertz CT molecular complexity index is 615. The summed E-state index contributed by atoms with van der Waals surface area (Å²) in [7, 11) is 1.33. The third-order valence-corrected chi connectivity index (χ3v) is 3.65. The van der Waals surface area contributed by atoms with E-state index < -0.39 is 11.4 Å². The van der Waals surface area contributed by atoms with Gasteiger partial charge in [0.15, 0.2) is 0 Å². The first-order valence-corrected chi connectivity index (χ1v) is 6.71. The fourth-order valence-corrected chi connectivity index (χ4v) is 2.51. The lowest BCUT2D eigenvalue weighted by molar-refractivity contribution is -0.147. The number of hydrogen-bond acceptors (Lipinski definition) is 3. The molecule has 3 nitrogen and oxygen atoms in total. The average molecular weight is 287 g/mol. The Morgan fingerprint density at radius 1 is 1.19 bits per heavy atom. The smallest absolute Gasteiger partial charge is 0.317 e. The van der Waals surface area contributed by atoms with Crippen molar-refractivity contribution in [2.45, 2.75) is 11.8 Å². The molecule has 2 aromatic carbocycles. The molecule has 0 spiro atoms. The average Bonchev–Trinajstić information content (AvgIpc) is 2.53. The Morgan fingerprint density at radius 3 is 2.48 bits per heavy atom. The van der Waals surface area contributed by atoms with Crippen LogP contribution in [-0.2, 0) is 21.4 Å². The molecule has 0 amide bonds. The van der Waals surface area contributed by atoms with Crippen LogP contribution >= 0.6 is 0 Å². The molecule has 2 rings (SSSR count). The number of esters is 1. The molecule has 0 aliphatic carbocycles. The third kappa shape index (κ3) is 3.11. The van der Waals surface area contributed by atoms with Crippen LogP contribution < -0.4 is 5.73 Å². The minimum atomic E-state index is -1.01. The van der Waals surface area contributed by atoms with Crippen molar-refractivity contribution in [2.24, 2.45) is 5.73 Å². The number of benzene rings is 2. The number of rotatable bonds is 5. The van der Waals surface area contributed by atoms with E-state index in [0.717, 1.165) is 5.56 Å². The third-order valence-electron chi connectivity index (χ3n) is 3.65. The molecule has 0 heterocycles. The van der Waals surface area contributed by atoms with Gasteiger partial charge >= 0.3 is 5.97 Å². The normalized spacial score (nSPS) is 13.5. The van der Waals surface area contributed by atoms with Crippen LogP contribution in [0.3, 0.4) is 0 Å².